The minimum absolute atomic E-state index is 0.186. The van der Waals surface area contributed by atoms with Crippen LogP contribution in [-0.2, 0) is 20.8 Å². The Balaban J connectivity index is 1.35. The first-order chi connectivity index (χ1) is 19.0. The maximum atomic E-state index is 12.7. The highest BCUT2D eigenvalue weighted by Gasteiger charge is 2.29. The van der Waals surface area contributed by atoms with E-state index in [1.807, 2.05) is 18.0 Å². The molecule has 1 amide bonds. The molecule has 1 aromatic carbocycles. The molecule has 3 aliphatic rings. The molecule has 1 aliphatic carbocycles. The molecular weight excluding hydrogens is 492 g/mol. The Kier molecular flexibility index (Phi) is 7.36. The molecule has 2 saturated heterocycles. The van der Waals surface area contributed by atoms with Gasteiger partial charge in [0.2, 0.25) is 11.9 Å². The molecule has 0 bridgehead atoms. The summed E-state index contributed by atoms with van der Waals surface area (Å²) in [6.45, 7) is 9.10. The minimum Gasteiger partial charge on any atom is -0.377 e. The third-order valence-electron chi connectivity index (χ3n) is 8.27. The van der Waals surface area contributed by atoms with Gasteiger partial charge >= 0.3 is 0 Å². The summed E-state index contributed by atoms with van der Waals surface area (Å²) < 4.78 is 11.4. The summed E-state index contributed by atoms with van der Waals surface area (Å²) >= 11 is 0. The van der Waals surface area contributed by atoms with Crippen LogP contribution in [0.1, 0.15) is 38.7 Å². The Hall–Kier alpha value is -3.30. The summed E-state index contributed by atoms with van der Waals surface area (Å²) in [6, 6.07) is 12.9. The fraction of sp³-hybridized carbons (Fsp3) is 0.533. The van der Waals surface area contributed by atoms with Crippen LogP contribution in [-0.4, -0.2) is 84.4 Å². The van der Waals surface area contributed by atoms with E-state index in [9.17, 15) is 4.79 Å². The van der Waals surface area contributed by atoms with Crippen molar-refractivity contribution in [2.75, 3.05) is 56.4 Å². The van der Waals surface area contributed by atoms with Gasteiger partial charge < -0.3 is 24.2 Å². The molecule has 1 saturated carbocycles. The third kappa shape index (κ3) is 5.30. The lowest BCUT2D eigenvalue weighted by Gasteiger charge is -2.37. The number of fused-ring (bicyclic) bond motifs is 1. The number of hydrogen-bond donors (Lipinski definition) is 0. The molecule has 3 aromatic rings. The Morgan fingerprint density at radius 1 is 0.974 bits per heavy atom. The number of benzene rings is 1. The highest BCUT2D eigenvalue weighted by molar-refractivity contribution is 5.90. The van der Waals surface area contributed by atoms with E-state index < -0.39 is 0 Å². The lowest BCUT2D eigenvalue weighted by atomic mass is 9.84. The van der Waals surface area contributed by atoms with Crippen molar-refractivity contribution in [1.29, 1.82) is 0 Å². The molecule has 206 valence electrons. The zero-order chi connectivity index (χ0) is 26.9. The van der Waals surface area contributed by atoms with Gasteiger partial charge in [0.25, 0.3) is 0 Å². The predicted octanol–water partition coefficient (Wildman–Crippen LogP) is 3.90. The van der Waals surface area contributed by atoms with Gasteiger partial charge in [0.15, 0.2) is 5.65 Å². The van der Waals surface area contributed by atoms with Crippen molar-refractivity contribution >= 4 is 28.7 Å². The zero-order valence-corrected chi connectivity index (χ0v) is 23.2. The largest absolute Gasteiger partial charge is 0.377 e. The number of hydrogen-bond acceptors (Lipinski definition) is 8. The predicted molar refractivity (Wildman–Crippen MR) is 152 cm³/mol. The number of ether oxygens (including phenoxy) is 2. The van der Waals surface area contributed by atoms with E-state index in [0.717, 1.165) is 60.4 Å². The zero-order valence-electron chi connectivity index (χ0n) is 23.2. The van der Waals surface area contributed by atoms with Crippen molar-refractivity contribution in [1.82, 2.24) is 19.9 Å². The van der Waals surface area contributed by atoms with E-state index in [-0.39, 0.29) is 23.9 Å². The van der Waals surface area contributed by atoms with Crippen LogP contribution in [0.3, 0.4) is 0 Å². The lowest BCUT2D eigenvalue weighted by Crippen LogP contribution is -2.46. The van der Waals surface area contributed by atoms with Crippen LogP contribution in [0.15, 0.2) is 36.4 Å². The molecule has 0 spiro atoms. The summed E-state index contributed by atoms with van der Waals surface area (Å²) in [7, 11) is 1.90. The van der Waals surface area contributed by atoms with Gasteiger partial charge in [0.05, 0.1) is 49.6 Å². The number of carbonyl (C=O) groups is 1. The summed E-state index contributed by atoms with van der Waals surface area (Å²) in [6.07, 6.45) is 3.19. The van der Waals surface area contributed by atoms with Gasteiger partial charge in [-0.15, -0.1) is 0 Å². The molecule has 4 heterocycles. The van der Waals surface area contributed by atoms with Crippen LogP contribution >= 0.6 is 0 Å². The second-order valence-electron chi connectivity index (χ2n) is 11.2. The summed E-state index contributed by atoms with van der Waals surface area (Å²) in [5, 5.41) is 0.944. The van der Waals surface area contributed by atoms with Crippen LogP contribution < -0.4 is 9.80 Å². The van der Waals surface area contributed by atoms with Crippen molar-refractivity contribution in [3.8, 4) is 11.3 Å². The monoisotopic (exact) mass is 530 g/mol. The standard InChI is InChI=1S/C30H38N6O3/c1-20-18-38-14-12-35(20)28-25-10-11-26(31-27(25)32-30(33-28)36-13-15-39-19-21(36)2)24-9-4-6-22(16-24)17-34(3)29(37)23-7-5-8-23/h4,6,9-11,16,20-21,23H,5,7-8,12-15,17-19H2,1-3H3/t20-,21-/m0/s1. The Morgan fingerprint density at radius 3 is 2.41 bits per heavy atom. The minimum atomic E-state index is 0.186. The first-order valence-electron chi connectivity index (χ1n) is 14.2. The van der Waals surface area contributed by atoms with Crippen LogP contribution in [0.4, 0.5) is 11.8 Å². The van der Waals surface area contributed by atoms with Crippen molar-refractivity contribution in [2.24, 2.45) is 5.92 Å². The number of carbonyl (C=O) groups excluding carboxylic acids is 1. The number of anilines is 2. The van der Waals surface area contributed by atoms with E-state index in [1.54, 1.807) is 0 Å². The molecule has 3 fully saturated rings. The van der Waals surface area contributed by atoms with Crippen molar-refractivity contribution in [2.45, 2.75) is 51.7 Å². The van der Waals surface area contributed by atoms with E-state index in [0.29, 0.717) is 44.6 Å². The lowest BCUT2D eigenvalue weighted by molar-refractivity contribution is -0.137. The molecule has 2 atom stereocenters. The topological polar surface area (TPSA) is 83.9 Å². The molecule has 0 unspecified atom stereocenters. The molecule has 39 heavy (non-hydrogen) atoms. The maximum Gasteiger partial charge on any atom is 0.229 e. The SMILES string of the molecule is C[C@H]1COCCN1c1nc(N2CCOC[C@@H]2C)c2ccc(-c3cccc(CN(C)C(=O)C4CCC4)c3)nc2n1. The molecule has 0 radical (unpaired) electrons. The van der Waals surface area contributed by atoms with Crippen LogP contribution in [0.5, 0.6) is 0 Å². The van der Waals surface area contributed by atoms with Gasteiger partial charge in [0.1, 0.15) is 5.82 Å². The third-order valence-corrected chi connectivity index (χ3v) is 8.27. The van der Waals surface area contributed by atoms with Gasteiger partial charge in [-0.05, 0) is 50.5 Å². The van der Waals surface area contributed by atoms with Crippen molar-refractivity contribution < 1.29 is 14.3 Å². The van der Waals surface area contributed by atoms with Crippen LogP contribution in [0.25, 0.3) is 22.3 Å². The van der Waals surface area contributed by atoms with E-state index in [4.69, 9.17) is 24.4 Å². The first kappa shape index (κ1) is 26.0. The molecule has 9 nitrogen and oxygen atoms in total. The summed E-state index contributed by atoms with van der Waals surface area (Å²) in [5.74, 6) is 2.06. The van der Waals surface area contributed by atoms with Gasteiger partial charge in [0, 0.05) is 38.2 Å². The number of nitrogens with zero attached hydrogens (tertiary/aromatic N) is 6. The maximum absolute atomic E-state index is 12.7. The van der Waals surface area contributed by atoms with Crippen LogP contribution in [0.2, 0.25) is 0 Å². The summed E-state index contributed by atoms with van der Waals surface area (Å²) in [5.41, 5.74) is 3.66. The van der Waals surface area contributed by atoms with E-state index in [2.05, 4.69) is 54.0 Å². The number of morpholine rings is 2. The number of amides is 1. The molecule has 9 heteroatoms. The van der Waals surface area contributed by atoms with E-state index >= 15 is 0 Å². The Labute approximate surface area is 230 Å². The molecular formula is C30H38N6O3. The van der Waals surface area contributed by atoms with Crippen molar-refractivity contribution in [3.05, 3.63) is 42.0 Å². The smallest absolute Gasteiger partial charge is 0.229 e. The molecule has 2 aliphatic heterocycles. The number of pyridine rings is 1. The number of aromatic nitrogens is 3. The van der Waals surface area contributed by atoms with Gasteiger partial charge in [-0.2, -0.15) is 9.97 Å². The Morgan fingerprint density at radius 2 is 1.72 bits per heavy atom. The quantitative estimate of drug-likeness (QED) is 0.475. The van der Waals surface area contributed by atoms with Gasteiger partial charge in [-0.3, -0.25) is 4.79 Å². The normalized spacial score (nSPS) is 22.1. The van der Waals surface area contributed by atoms with Crippen LogP contribution in [0, 0.1) is 5.92 Å². The summed E-state index contributed by atoms with van der Waals surface area (Å²) in [4.78, 5) is 34.2. The van der Waals surface area contributed by atoms with E-state index in [1.165, 1.54) is 0 Å². The molecule has 6 rings (SSSR count). The second kappa shape index (κ2) is 11.1. The second-order valence-corrected chi connectivity index (χ2v) is 11.2. The highest BCUT2D eigenvalue weighted by Crippen LogP contribution is 2.32. The van der Waals surface area contributed by atoms with Gasteiger partial charge in [-0.25, -0.2) is 4.98 Å². The fourth-order valence-electron chi connectivity index (χ4n) is 5.70. The average Bonchev–Trinajstić information content (AvgIpc) is 2.92. The molecule has 0 N–H and O–H groups in total. The highest BCUT2D eigenvalue weighted by atomic mass is 16.5. The fourth-order valence-corrected chi connectivity index (χ4v) is 5.70. The van der Waals surface area contributed by atoms with Gasteiger partial charge in [-0.1, -0.05) is 24.6 Å². The Bertz CT molecular complexity index is 1350. The van der Waals surface area contributed by atoms with Crippen molar-refractivity contribution in [3.63, 3.8) is 0 Å². The molecule has 2 aromatic heterocycles. The average molecular weight is 531 g/mol. The number of rotatable bonds is 6. The first-order valence-corrected chi connectivity index (χ1v) is 14.2.